The average molecular weight is 326 g/mol. The zero-order valence-corrected chi connectivity index (χ0v) is 13.7. The fraction of sp³-hybridized carbons (Fsp3) is 0.533. The molecular weight excluding hydrogens is 304 g/mol. The number of benzene rings is 1. The van der Waals surface area contributed by atoms with Crippen LogP contribution >= 0.6 is 0 Å². The van der Waals surface area contributed by atoms with Gasteiger partial charge in [0.25, 0.3) is 10.2 Å². The molecule has 1 N–H and O–H groups in total. The van der Waals surface area contributed by atoms with E-state index in [-0.39, 0.29) is 11.5 Å². The predicted molar refractivity (Wildman–Crippen MR) is 84.2 cm³/mol. The second-order valence-corrected chi connectivity index (χ2v) is 7.58. The molecule has 0 unspecified atom stereocenters. The molecule has 0 aliphatic carbocycles. The lowest BCUT2D eigenvalue weighted by Crippen LogP contribution is -2.46. The van der Waals surface area contributed by atoms with Gasteiger partial charge in [0.15, 0.2) is 0 Å². The minimum Gasteiger partial charge on any atom is -0.478 e. The highest BCUT2D eigenvalue weighted by Gasteiger charge is 2.31. The Morgan fingerprint density at radius 2 is 2.00 bits per heavy atom. The molecule has 1 aliphatic rings. The van der Waals surface area contributed by atoms with Gasteiger partial charge in [0.2, 0.25) is 0 Å². The molecule has 0 spiro atoms. The Labute approximate surface area is 131 Å². The van der Waals surface area contributed by atoms with Crippen LogP contribution in [0.2, 0.25) is 0 Å². The molecule has 1 fully saturated rings. The molecule has 1 aromatic rings. The number of carboxylic acid groups (broad SMARTS) is 1. The topological polar surface area (TPSA) is 77.9 Å². The van der Waals surface area contributed by atoms with Crippen LogP contribution in [0, 0.1) is 0 Å². The monoisotopic (exact) mass is 326 g/mol. The van der Waals surface area contributed by atoms with Gasteiger partial charge in [-0.2, -0.15) is 17.0 Å². The molecule has 0 bridgehead atoms. The van der Waals surface area contributed by atoms with E-state index >= 15 is 0 Å². The highest BCUT2D eigenvalue weighted by Crippen LogP contribution is 2.29. The molecule has 1 atom stereocenters. The molecule has 0 aromatic heterocycles. The Balaban J connectivity index is 2.15. The summed E-state index contributed by atoms with van der Waals surface area (Å²) < 4.78 is 27.7. The maximum Gasteiger partial charge on any atom is 0.335 e. The van der Waals surface area contributed by atoms with Gasteiger partial charge in [-0.1, -0.05) is 19.1 Å². The van der Waals surface area contributed by atoms with E-state index < -0.39 is 16.2 Å². The van der Waals surface area contributed by atoms with Crippen LogP contribution in [-0.4, -0.2) is 54.8 Å². The fourth-order valence-corrected chi connectivity index (χ4v) is 4.13. The number of carboxylic acids is 1. The Bertz CT molecular complexity index is 627. The second-order valence-electron chi connectivity index (χ2n) is 5.55. The van der Waals surface area contributed by atoms with Crippen molar-refractivity contribution in [2.75, 3.05) is 26.7 Å². The molecular formula is C15H22N2O4S. The average Bonchev–Trinajstić information content (AvgIpc) is 2.54. The van der Waals surface area contributed by atoms with Gasteiger partial charge in [0, 0.05) is 26.7 Å². The molecule has 1 saturated heterocycles. The summed E-state index contributed by atoms with van der Waals surface area (Å²) in [5, 5.41) is 8.93. The number of aromatic carboxylic acids is 1. The van der Waals surface area contributed by atoms with Gasteiger partial charge in [0.05, 0.1) is 5.56 Å². The first kappa shape index (κ1) is 16.9. The number of nitrogens with zero attached hydrogens (tertiary/aromatic N) is 2. The van der Waals surface area contributed by atoms with E-state index in [1.807, 2.05) is 6.92 Å². The third-order valence-corrected chi connectivity index (χ3v) is 6.21. The number of rotatable bonds is 5. The van der Waals surface area contributed by atoms with Crippen molar-refractivity contribution in [1.29, 1.82) is 0 Å². The van der Waals surface area contributed by atoms with Crippen molar-refractivity contribution >= 4 is 16.2 Å². The van der Waals surface area contributed by atoms with Crippen molar-refractivity contribution in [2.45, 2.75) is 25.7 Å². The number of piperidine rings is 1. The quantitative estimate of drug-likeness (QED) is 0.894. The van der Waals surface area contributed by atoms with Crippen LogP contribution in [-0.2, 0) is 10.2 Å². The number of hydrogen-bond acceptors (Lipinski definition) is 3. The van der Waals surface area contributed by atoms with Gasteiger partial charge in [-0.05, 0) is 36.5 Å². The van der Waals surface area contributed by atoms with Crippen LogP contribution in [0.5, 0.6) is 0 Å². The van der Waals surface area contributed by atoms with Crippen LogP contribution in [0.25, 0.3) is 0 Å². The molecule has 0 saturated carbocycles. The summed E-state index contributed by atoms with van der Waals surface area (Å²) in [5.74, 6) is -0.847. The van der Waals surface area contributed by atoms with E-state index in [9.17, 15) is 13.2 Å². The fourth-order valence-electron chi connectivity index (χ4n) is 2.68. The Hall–Kier alpha value is -1.44. The number of hydrogen-bond donors (Lipinski definition) is 1. The second kappa shape index (κ2) is 6.76. The maximum atomic E-state index is 12.4. The van der Waals surface area contributed by atoms with E-state index in [0.717, 1.165) is 18.4 Å². The summed E-state index contributed by atoms with van der Waals surface area (Å²) in [7, 11) is -1.82. The molecule has 122 valence electrons. The van der Waals surface area contributed by atoms with Crippen LogP contribution in [0.15, 0.2) is 24.3 Å². The van der Waals surface area contributed by atoms with Crippen LogP contribution < -0.4 is 0 Å². The summed E-state index contributed by atoms with van der Waals surface area (Å²) in [5.41, 5.74) is 1.24. The lowest BCUT2D eigenvalue weighted by atomic mass is 9.91. The molecule has 22 heavy (non-hydrogen) atoms. The smallest absolute Gasteiger partial charge is 0.335 e. The minimum atomic E-state index is -3.40. The molecule has 1 aromatic carbocycles. The van der Waals surface area contributed by atoms with Gasteiger partial charge >= 0.3 is 5.97 Å². The minimum absolute atomic E-state index is 0.108. The van der Waals surface area contributed by atoms with E-state index in [0.29, 0.717) is 19.6 Å². The van der Waals surface area contributed by atoms with Crippen molar-refractivity contribution in [3.63, 3.8) is 0 Å². The van der Waals surface area contributed by atoms with Gasteiger partial charge < -0.3 is 5.11 Å². The molecule has 6 nitrogen and oxygen atoms in total. The summed E-state index contributed by atoms with van der Waals surface area (Å²) >= 11 is 0. The molecule has 1 heterocycles. The van der Waals surface area contributed by atoms with Crippen molar-refractivity contribution in [2.24, 2.45) is 0 Å². The lowest BCUT2D eigenvalue weighted by Gasteiger charge is -2.34. The first-order valence-electron chi connectivity index (χ1n) is 7.41. The highest BCUT2D eigenvalue weighted by molar-refractivity contribution is 7.86. The van der Waals surface area contributed by atoms with E-state index in [4.69, 9.17) is 5.11 Å². The largest absolute Gasteiger partial charge is 0.478 e. The highest BCUT2D eigenvalue weighted by atomic mass is 32.2. The lowest BCUT2D eigenvalue weighted by molar-refractivity contribution is 0.0697. The first-order valence-corrected chi connectivity index (χ1v) is 8.80. The molecule has 0 amide bonds. The molecule has 7 heteroatoms. The Morgan fingerprint density at radius 1 is 1.36 bits per heavy atom. The van der Waals surface area contributed by atoms with Crippen LogP contribution in [0.1, 0.15) is 41.6 Å². The Morgan fingerprint density at radius 3 is 2.55 bits per heavy atom. The maximum absolute atomic E-state index is 12.4. The van der Waals surface area contributed by atoms with Crippen molar-refractivity contribution in [1.82, 2.24) is 8.61 Å². The van der Waals surface area contributed by atoms with Crippen molar-refractivity contribution < 1.29 is 18.3 Å². The summed E-state index contributed by atoms with van der Waals surface area (Å²) in [6.45, 7) is 3.23. The standard InChI is InChI=1S/C15H22N2O4S/c1-3-16(2)22(20,21)17-10-4-5-14(11-17)12-6-8-13(9-7-12)15(18)19/h6-9,14H,3-5,10-11H2,1-2H3,(H,18,19)/t14-/m1/s1. The van der Waals surface area contributed by atoms with Gasteiger partial charge in [-0.25, -0.2) is 4.79 Å². The number of carbonyl (C=O) groups is 1. The third-order valence-electron chi connectivity index (χ3n) is 4.18. The summed E-state index contributed by atoms with van der Waals surface area (Å²) in [4.78, 5) is 10.9. The third kappa shape index (κ3) is 3.48. The predicted octanol–water partition coefficient (Wildman–Crippen LogP) is 1.76. The normalized spacial score (nSPS) is 20.2. The molecule has 0 radical (unpaired) electrons. The molecule has 2 rings (SSSR count). The summed E-state index contributed by atoms with van der Waals surface area (Å²) in [6, 6.07) is 6.72. The van der Waals surface area contributed by atoms with Gasteiger partial charge in [0.1, 0.15) is 0 Å². The molecule has 1 aliphatic heterocycles. The van der Waals surface area contributed by atoms with E-state index in [1.165, 1.54) is 8.61 Å². The SMILES string of the molecule is CCN(C)S(=O)(=O)N1CCC[C@@H](c2ccc(C(=O)O)cc2)C1. The van der Waals surface area contributed by atoms with Gasteiger partial charge in [-0.15, -0.1) is 0 Å². The zero-order valence-electron chi connectivity index (χ0n) is 12.9. The van der Waals surface area contributed by atoms with E-state index in [2.05, 4.69) is 0 Å². The van der Waals surface area contributed by atoms with Gasteiger partial charge in [-0.3, -0.25) is 0 Å². The zero-order chi connectivity index (χ0) is 16.3. The van der Waals surface area contributed by atoms with Crippen molar-refractivity contribution in [3.8, 4) is 0 Å². The van der Waals surface area contributed by atoms with E-state index in [1.54, 1.807) is 31.3 Å². The summed E-state index contributed by atoms with van der Waals surface area (Å²) in [6.07, 6.45) is 1.72. The first-order chi connectivity index (χ1) is 10.4. The van der Waals surface area contributed by atoms with Crippen LogP contribution in [0.4, 0.5) is 0 Å². The van der Waals surface area contributed by atoms with Crippen molar-refractivity contribution in [3.05, 3.63) is 35.4 Å². The van der Waals surface area contributed by atoms with Crippen LogP contribution in [0.3, 0.4) is 0 Å². The Kier molecular flexibility index (Phi) is 5.20.